The van der Waals surface area contributed by atoms with Crippen LogP contribution in [0.1, 0.15) is 56.2 Å². The van der Waals surface area contributed by atoms with Crippen molar-refractivity contribution in [1.29, 1.82) is 0 Å². The van der Waals surface area contributed by atoms with Crippen molar-refractivity contribution in [3.63, 3.8) is 0 Å². The minimum atomic E-state index is -0.188. The number of H-pyrrole nitrogens is 1. The molecular weight excluding hydrogens is 312 g/mol. The second-order valence-electron chi connectivity index (χ2n) is 4.98. The standard InChI is InChI=1S/C17H14N2O2.2C2H6/c1-11(20)13-6-4-5-12(9-13)10-16-14-7-2-3-8-15(14)17(21)19-18-16;2*1-2/h2-9H,10H2,1H3,(H,19,21);2*1-2H3. The molecule has 0 amide bonds. The van der Waals surface area contributed by atoms with Crippen molar-refractivity contribution >= 4 is 16.6 Å². The van der Waals surface area contributed by atoms with Gasteiger partial charge in [-0.15, -0.1) is 0 Å². The first-order valence-electron chi connectivity index (χ1n) is 8.71. The molecule has 1 heterocycles. The Morgan fingerprint density at radius 2 is 1.60 bits per heavy atom. The third kappa shape index (κ3) is 5.11. The van der Waals surface area contributed by atoms with Gasteiger partial charge in [-0.25, -0.2) is 5.10 Å². The number of nitrogens with one attached hydrogen (secondary N) is 1. The van der Waals surface area contributed by atoms with Crippen LogP contribution in [0.5, 0.6) is 0 Å². The summed E-state index contributed by atoms with van der Waals surface area (Å²) in [7, 11) is 0. The van der Waals surface area contributed by atoms with Gasteiger partial charge in [0.15, 0.2) is 5.78 Å². The zero-order chi connectivity index (χ0) is 18.8. The summed E-state index contributed by atoms with van der Waals surface area (Å²) in [6, 6.07) is 14.9. The molecule has 0 radical (unpaired) electrons. The van der Waals surface area contributed by atoms with Gasteiger partial charge in [-0.05, 0) is 24.6 Å². The average Bonchev–Trinajstić information content (AvgIpc) is 2.68. The molecule has 1 aromatic heterocycles. The first kappa shape index (κ1) is 20.3. The predicted molar refractivity (Wildman–Crippen MR) is 104 cm³/mol. The van der Waals surface area contributed by atoms with Gasteiger partial charge in [0.2, 0.25) is 0 Å². The van der Waals surface area contributed by atoms with Crippen LogP contribution in [0.3, 0.4) is 0 Å². The minimum Gasteiger partial charge on any atom is -0.295 e. The maximum Gasteiger partial charge on any atom is 0.272 e. The Kier molecular flexibility index (Phi) is 8.27. The number of rotatable bonds is 3. The molecule has 132 valence electrons. The molecule has 25 heavy (non-hydrogen) atoms. The van der Waals surface area contributed by atoms with E-state index in [0.29, 0.717) is 17.4 Å². The summed E-state index contributed by atoms with van der Waals surface area (Å²) in [5.74, 6) is 0.0381. The summed E-state index contributed by atoms with van der Waals surface area (Å²) in [6.07, 6.45) is 0.568. The van der Waals surface area contributed by atoms with Crippen molar-refractivity contribution < 1.29 is 4.79 Å². The third-order valence-electron chi connectivity index (χ3n) is 3.48. The molecule has 0 saturated carbocycles. The number of hydrogen-bond donors (Lipinski definition) is 1. The summed E-state index contributed by atoms with van der Waals surface area (Å²) < 4.78 is 0. The molecule has 0 aliphatic rings. The number of ketones is 1. The van der Waals surface area contributed by atoms with Crippen LogP contribution in [0.15, 0.2) is 53.3 Å². The lowest BCUT2D eigenvalue weighted by Gasteiger charge is -2.06. The number of carbonyl (C=O) groups excluding carboxylic acids is 1. The molecule has 0 aliphatic carbocycles. The van der Waals surface area contributed by atoms with Crippen LogP contribution in [-0.2, 0) is 6.42 Å². The van der Waals surface area contributed by atoms with E-state index in [1.807, 2.05) is 64.1 Å². The molecule has 0 bridgehead atoms. The van der Waals surface area contributed by atoms with E-state index >= 15 is 0 Å². The van der Waals surface area contributed by atoms with Gasteiger partial charge < -0.3 is 0 Å². The van der Waals surface area contributed by atoms with Gasteiger partial charge in [-0.2, -0.15) is 5.10 Å². The van der Waals surface area contributed by atoms with E-state index in [1.54, 1.807) is 19.1 Å². The van der Waals surface area contributed by atoms with E-state index < -0.39 is 0 Å². The summed E-state index contributed by atoms with van der Waals surface area (Å²) in [5, 5.41) is 8.15. The van der Waals surface area contributed by atoms with Crippen LogP contribution in [0.25, 0.3) is 10.8 Å². The lowest BCUT2D eigenvalue weighted by molar-refractivity contribution is 0.101. The van der Waals surface area contributed by atoms with Crippen molar-refractivity contribution in [3.05, 3.63) is 75.7 Å². The number of Topliss-reactive ketones (excluding diaryl/α,β-unsaturated/α-hetero) is 1. The van der Waals surface area contributed by atoms with Crippen LogP contribution in [0.4, 0.5) is 0 Å². The van der Waals surface area contributed by atoms with E-state index in [9.17, 15) is 9.59 Å². The fourth-order valence-electron chi connectivity index (χ4n) is 2.40. The highest BCUT2D eigenvalue weighted by molar-refractivity contribution is 5.94. The van der Waals surface area contributed by atoms with Crippen LogP contribution in [0.2, 0.25) is 0 Å². The maximum atomic E-state index is 11.8. The largest absolute Gasteiger partial charge is 0.295 e. The molecule has 0 saturated heterocycles. The van der Waals surface area contributed by atoms with Gasteiger partial charge in [0, 0.05) is 17.4 Å². The Labute approximate surface area is 148 Å². The van der Waals surface area contributed by atoms with Crippen LogP contribution in [0, 0.1) is 0 Å². The zero-order valence-electron chi connectivity index (χ0n) is 15.6. The molecule has 0 aliphatic heterocycles. The Morgan fingerprint density at radius 3 is 2.24 bits per heavy atom. The van der Waals surface area contributed by atoms with Crippen molar-refractivity contribution in [2.75, 3.05) is 0 Å². The topological polar surface area (TPSA) is 62.8 Å². The smallest absolute Gasteiger partial charge is 0.272 e. The number of hydrogen-bond acceptors (Lipinski definition) is 3. The molecule has 0 atom stereocenters. The summed E-state index contributed by atoms with van der Waals surface area (Å²) >= 11 is 0. The number of fused-ring (bicyclic) bond motifs is 1. The normalized spacial score (nSPS) is 9.48. The molecule has 3 rings (SSSR count). The Hall–Kier alpha value is -2.75. The van der Waals surface area contributed by atoms with Gasteiger partial charge >= 0.3 is 0 Å². The van der Waals surface area contributed by atoms with E-state index in [-0.39, 0.29) is 11.3 Å². The van der Waals surface area contributed by atoms with Crippen LogP contribution < -0.4 is 5.56 Å². The molecule has 0 spiro atoms. The maximum absolute atomic E-state index is 11.8. The second kappa shape index (κ2) is 10.2. The lowest BCUT2D eigenvalue weighted by atomic mass is 10.0. The number of benzene rings is 2. The minimum absolute atomic E-state index is 0.0381. The molecule has 2 aromatic carbocycles. The lowest BCUT2D eigenvalue weighted by Crippen LogP contribution is -2.11. The van der Waals surface area contributed by atoms with E-state index in [0.717, 1.165) is 16.6 Å². The first-order chi connectivity index (χ1) is 12.1. The molecule has 1 N–H and O–H groups in total. The second-order valence-corrected chi connectivity index (χ2v) is 4.98. The molecule has 4 nitrogen and oxygen atoms in total. The average molecular weight is 338 g/mol. The highest BCUT2D eigenvalue weighted by atomic mass is 16.1. The monoisotopic (exact) mass is 338 g/mol. The Bertz CT molecular complexity index is 882. The van der Waals surface area contributed by atoms with Gasteiger partial charge in [0.05, 0.1) is 11.1 Å². The van der Waals surface area contributed by atoms with E-state index in [2.05, 4.69) is 10.2 Å². The molecule has 0 fully saturated rings. The molecule has 0 unspecified atom stereocenters. The van der Waals surface area contributed by atoms with Crippen molar-refractivity contribution in [2.45, 2.75) is 41.0 Å². The van der Waals surface area contributed by atoms with Crippen molar-refractivity contribution in [3.8, 4) is 0 Å². The summed E-state index contributed by atoms with van der Waals surface area (Å²) in [5.41, 5.74) is 2.28. The van der Waals surface area contributed by atoms with Gasteiger partial charge in [0.25, 0.3) is 5.56 Å². The summed E-state index contributed by atoms with van der Waals surface area (Å²) in [4.78, 5) is 23.2. The Balaban J connectivity index is 0.000000730. The van der Waals surface area contributed by atoms with Crippen LogP contribution >= 0.6 is 0 Å². The fraction of sp³-hybridized carbons (Fsp3) is 0.286. The van der Waals surface area contributed by atoms with Gasteiger partial charge in [-0.3, -0.25) is 9.59 Å². The highest BCUT2D eigenvalue weighted by Gasteiger charge is 2.08. The molecule has 4 heteroatoms. The third-order valence-corrected chi connectivity index (χ3v) is 3.48. The highest BCUT2D eigenvalue weighted by Crippen LogP contribution is 2.17. The van der Waals surface area contributed by atoms with Gasteiger partial charge in [-0.1, -0.05) is 64.1 Å². The summed E-state index contributed by atoms with van der Waals surface area (Å²) in [6.45, 7) is 9.55. The number of aromatic nitrogens is 2. The predicted octanol–water partition coefficient (Wildman–Crippen LogP) is 4.77. The van der Waals surface area contributed by atoms with E-state index in [4.69, 9.17) is 0 Å². The Morgan fingerprint density at radius 1 is 0.960 bits per heavy atom. The number of aromatic amines is 1. The first-order valence-corrected chi connectivity index (χ1v) is 8.71. The zero-order valence-corrected chi connectivity index (χ0v) is 15.6. The SMILES string of the molecule is CC.CC.CC(=O)c1cccc(Cc2n[nH]c(=O)c3ccccc23)c1. The van der Waals surface area contributed by atoms with Crippen molar-refractivity contribution in [1.82, 2.24) is 10.2 Å². The fourth-order valence-corrected chi connectivity index (χ4v) is 2.40. The molecular formula is C21H26N2O2. The van der Waals surface area contributed by atoms with Gasteiger partial charge in [0.1, 0.15) is 0 Å². The molecule has 3 aromatic rings. The quantitative estimate of drug-likeness (QED) is 0.700. The van der Waals surface area contributed by atoms with Crippen LogP contribution in [-0.4, -0.2) is 16.0 Å². The van der Waals surface area contributed by atoms with E-state index in [1.165, 1.54) is 0 Å². The number of nitrogens with zero attached hydrogens (tertiary/aromatic N) is 1. The van der Waals surface area contributed by atoms with Crippen molar-refractivity contribution in [2.24, 2.45) is 0 Å². The number of carbonyl (C=O) groups is 1.